The molecular formula is C27H34N2O5. The van der Waals surface area contributed by atoms with E-state index in [1.54, 1.807) is 24.3 Å². The van der Waals surface area contributed by atoms with Crippen molar-refractivity contribution in [1.29, 1.82) is 0 Å². The van der Waals surface area contributed by atoms with Crippen LogP contribution in [0.5, 0.6) is 0 Å². The second-order valence-electron chi connectivity index (χ2n) is 10.9. The quantitative estimate of drug-likeness (QED) is 0.436. The molecule has 0 atom stereocenters. The molecule has 7 nitrogen and oxygen atoms in total. The molecule has 2 aromatic rings. The molecule has 0 aromatic heterocycles. The molecule has 0 radical (unpaired) electrons. The molecule has 3 rings (SSSR count). The van der Waals surface area contributed by atoms with E-state index in [-0.39, 0.29) is 36.6 Å². The van der Waals surface area contributed by atoms with Crippen molar-refractivity contribution in [2.75, 3.05) is 18.4 Å². The van der Waals surface area contributed by atoms with Crippen LogP contribution >= 0.6 is 0 Å². The van der Waals surface area contributed by atoms with E-state index in [2.05, 4.69) is 5.32 Å². The third-order valence-corrected chi connectivity index (χ3v) is 5.40. The van der Waals surface area contributed by atoms with Gasteiger partial charge in [-0.2, -0.15) is 0 Å². The van der Waals surface area contributed by atoms with Crippen molar-refractivity contribution < 1.29 is 23.9 Å². The normalized spacial score (nSPS) is 13.9. The highest BCUT2D eigenvalue weighted by Crippen LogP contribution is 2.34. The van der Waals surface area contributed by atoms with Gasteiger partial charge in [-0.05, 0) is 44.4 Å². The molecule has 1 aliphatic rings. The molecule has 2 aromatic carbocycles. The summed E-state index contributed by atoms with van der Waals surface area (Å²) in [7, 11) is 0. The molecule has 1 heterocycles. The monoisotopic (exact) mass is 466 g/mol. The van der Waals surface area contributed by atoms with Gasteiger partial charge >= 0.3 is 5.97 Å². The number of carbonyl (C=O) groups is 4. The number of carbonyl (C=O) groups excluding carboxylic acids is 4. The van der Waals surface area contributed by atoms with Gasteiger partial charge in [-0.3, -0.25) is 24.1 Å². The van der Waals surface area contributed by atoms with Gasteiger partial charge in [-0.1, -0.05) is 32.9 Å². The lowest BCUT2D eigenvalue weighted by Crippen LogP contribution is -2.41. The minimum Gasteiger partial charge on any atom is -0.460 e. The Balaban J connectivity index is 1.78. The van der Waals surface area contributed by atoms with Gasteiger partial charge in [-0.15, -0.1) is 0 Å². The number of nitrogens with one attached hydrogen (secondary N) is 1. The minimum absolute atomic E-state index is 0.0293. The summed E-state index contributed by atoms with van der Waals surface area (Å²) >= 11 is 0. The van der Waals surface area contributed by atoms with Crippen molar-refractivity contribution in [3.63, 3.8) is 0 Å². The Kier molecular flexibility index (Phi) is 7.15. The third-order valence-electron chi connectivity index (χ3n) is 5.40. The van der Waals surface area contributed by atoms with Crippen molar-refractivity contribution in [2.45, 2.75) is 66.4 Å². The summed E-state index contributed by atoms with van der Waals surface area (Å²) in [4.78, 5) is 51.8. The van der Waals surface area contributed by atoms with Gasteiger partial charge in [0.2, 0.25) is 0 Å². The van der Waals surface area contributed by atoms with Gasteiger partial charge in [0.15, 0.2) is 0 Å². The summed E-state index contributed by atoms with van der Waals surface area (Å²) < 4.78 is 5.34. The largest absolute Gasteiger partial charge is 0.460 e. The number of ketones is 1. The zero-order valence-corrected chi connectivity index (χ0v) is 20.9. The van der Waals surface area contributed by atoms with Crippen molar-refractivity contribution in [3.8, 4) is 0 Å². The first-order chi connectivity index (χ1) is 15.8. The van der Waals surface area contributed by atoms with Crippen LogP contribution in [0.1, 0.15) is 81.5 Å². The first-order valence-corrected chi connectivity index (χ1v) is 11.7. The van der Waals surface area contributed by atoms with Crippen molar-refractivity contribution >= 4 is 40.0 Å². The fourth-order valence-corrected chi connectivity index (χ4v) is 4.11. The van der Waals surface area contributed by atoms with Gasteiger partial charge in [0.1, 0.15) is 11.4 Å². The molecular weight excluding hydrogens is 432 g/mol. The fourth-order valence-electron chi connectivity index (χ4n) is 4.11. The number of hydrogen-bond acceptors (Lipinski definition) is 6. The second kappa shape index (κ2) is 9.57. The summed E-state index contributed by atoms with van der Waals surface area (Å²) in [6.45, 7) is 11.8. The highest BCUT2D eigenvalue weighted by atomic mass is 16.6. The van der Waals surface area contributed by atoms with Crippen LogP contribution in [-0.2, 0) is 14.3 Å². The van der Waals surface area contributed by atoms with E-state index in [1.165, 1.54) is 4.90 Å². The molecule has 2 amide bonds. The van der Waals surface area contributed by atoms with Crippen LogP contribution in [0.4, 0.5) is 5.69 Å². The van der Waals surface area contributed by atoms with Crippen LogP contribution in [0.15, 0.2) is 30.3 Å². The Morgan fingerprint density at radius 1 is 0.912 bits per heavy atom. The van der Waals surface area contributed by atoms with Crippen LogP contribution in [0.25, 0.3) is 10.8 Å². The fraction of sp³-hybridized carbons (Fsp3) is 0.481. The average molecular weight is 467 g/mol. The number of benzene rings is 2. The van der Waals surface area contributed by atoms with Gasteiger partial charge < -0.3 is 10.1 Å². The first kappa shape index (κ1) is 25.4. The van der Waals surface area contributed by atoms with Gasteiger partial charge in [0.05, 0.1) is 6.42 Å². The summed E-state index contributed by atoms with van der Waals surface area (Å²) in [5.41, 5.74) is 0.926. The molecule has 0 saturated carbocycles. The molecule has 0 saturated heterocycles. The average Bonchev–Trinajstić information content (AvgIpc) is 2.69. The molecule has 0 bridgehead atoms. The number of Topliss-reactive ketones (excluding diaryl/α,β-unsaturated/α-hetero) is 1. The maximum atomic E-state index is 13.2. The lowest BCUT2D eigenvalue weighted by molar-refractivity contribution is -0.154. The number of ether oxygens (including phenoxy) is 1. The standard InChI is InChI=1S/C27H34N2O5/c1-26(2,3)16-17(30)13-15-29-24(32)19-9-7-8-18-21(11-10-20(23(18)19)25(29)33)28-14-12-22(31)34-27(4,5)6/h7-11,28H,12-16H2,1-6H3. The Morgan fingerprint density at radius 2 is 1.56 bits per heavy atom. The van der Waals surface area contributed by atoms with Crippen LogP contribution in [0.2, 0.25) is 0 Å². The van der Waals surface area contributed by atoms with E-state index in [9.17, 15) is 19.2 Å². The highest BCUT2D eigenvalue weighted by Gasteiger charge is 2.33. The topological polar surface area (TPSA) is 92.8 Å². The zero-order valence-electron chi connectivity index (χ0n) is 20.9. The molecule has 1 aliphatic heterocycles. The Labute approximate surface area is 200 Å². The van der Waals surface area contributed by atoms with Crippen LogP contribution in [0, 0.1) is 5.41 Å². The van der Waals surface area contributed by atoms with Crippen LogP contribution in [-0.4, -0.2) is 47.2 Å². The van der Waals surface area contributed by atoms with E-state index in [4.69, 9.17) is 4.74 Å². The number of anilines is 1. The molecule has 0 spiro atoms. The molecule has 34 heavy (non-hydrogen) atoms. The molecule has 1 N–H and O–H groups in total. The first-order valence-electron chi connectivity index (χ1n) is 11.7. The lowest BCUT2D eigenvalue weighted by Gasteiger charge is -2.28. The highest BCUT2D eigenvalue weighted by molar-refractivity contribution is 6.26. The summed E-state index contributed by atoms with van der Waals surface area (Å²) in [5, 5.41) is 4.56. The smallest absolute Gasteiger partial charge is 0.308 e. The molecule has 182 valence electrons. The number of esters is 1. The van der Waals surface area contributed by atoms with E-state index in [0.717, 1.165) is 11.1 Å². The lowest BCUT2D eigenvalue weighted by atomic mass is 9.89. The minimum atomic E-state index is -0.540. The zero-order chi connectivity index (χ0) is 25.3. The second-order valence-corrected chi connectivity index (χ2v) is 10.9. The van der Waals surface area contributed by atoms with E-state index < -0.39 is 17.4 Å². The Bertz CT molecular complexity index is 1120. The van der Waals surface area contributed by atoms with E-state index in [0.29, 0.717) is 29.5 Å². The molecule has 0 fully saturated rings. The van der Waals surface area contributed by atoms with Crippen LogP contribution in [0.3, 0.4) is 0 Å². The number of imide groups is 1. The Hall–Kier alpha value is -3.22. The molecule has 0 unspecified atom stereocenters. The Morgan fingerprint density at radius 3 is 2.18 bits per heavy atom. The predicted octanol–water partition coefficient (Wildman–Crippen LogP) is 4.97. The summed E-state index contributed by atoms with van der Waals surface area (Å²) in [6.07, 6.45) is 0.729. The van der Waals surface area contributed by atoms with Gasteiger partial charge in [0.25, 0.3) is 11.8 Å². The number of hydrogen-bond donors (Lipinski definition) is 1. The number of amides is 2. The molecule has 0 aliphatic carbocycles. The summed E-state index contributed by atoms with van der Waals surface area (Å²) in [6, 6.07) is 8.81. The van der Waals surface area contributed by atoms with E-state index in [1.807, 2.05) is 47.6 Å². The van der Waals surface area contributed by atoms with Crippen molar-refractivity contribution in [2.24, 2.45) is 5.41 Å². The maximum absolute atomic E-state index is 13.2. The third kappa shape index (κ3) is 6.01. The SMILES string of the molecule is CC(C)(C)CC(=O)CCN1C(=O)c2cccc3c(NCCC(=O)OC(C)(C)C)ccc(c23)C1=O. The van der Waals surface area contributed by atoms with Crippen LogP contribution < -0.4 is 5.32 Å². The number of rotatable bonds is 8. The summed E-state index contributed by atoms with van der Waals surface area (Å²) in [5.74, 6) is -1.05. The van der Waals surface area contributed by atoms with Crippen molar-refractivity contribution in [1.82, 2.24) is 4.90 Å². The van der Waals surface area contributed by atoms with Gasteiger partial charge in [-0.25, -0.2) is 0 Å². The maximum Gasteiger partial charge on any atom is 0.308 e. The number of nitrogens with zero attached hydrogens (tertiary/aromatic N) is 1. The van der Waals surface area contributed by atoms with E-state index >= 15 is 0 Å². The van der Waals surface area contributed by atoms with Gasteiger partial charge in [0, 0.05) is 53.5 Å². The predicted molar refractivity (Wildman–Crippen MR) is 132 cm³/mol. The molecule has 7 heteroatoms. The van der Waals surface area contributed by atoms with Crippen molar-refractivity contribution in [3.05, 3.63) is 41.5 Å².